The normalized spacial score (nSPS) is 16.1. The van der Waals surface area contributed by atoms with Crippen molar-refractivity contribution in [1.29, 1.82) is 0 Å². The molecule has 1 aromatic rings. The van der Waals surface area contributed by atoms with Gasteiger partial charge in [-0.25, -0.2) is 0 Å². The Morgan fingerprint density at radius 1 is 1.35 bits per heavy atom. The van der Waals surface area contributed by atoms with E-state index in [1.54, 1.807) is 24.3 Å². The van der Waals surface area contributed by atoms with E-state index >= 15 is 0 Å². The van der Waals surface area contributed by atoms with E-state index in [4.69, 9.17) is 15.2 Å². The SMILES string of the molecule is CCOc1ccc(C(=O)NC2(CC(N)=O)COC2)cc1. The molecular formula is C14H18N2O4. The van der Waals surface area contributed by atoms with Gasteiger partial charge >= 0.3 is 0 Å². The molecule has 1 aliphatic rings. The molecule has 0 bridgehead atoms. The van der Waals surface area contributed by atoms with Gasteiger partial charge in [0.2, 0.25) is 5.91 Å². The first-order valence-corrected chi connectivity index (χ1v) is 6.46. The van der Waals surface area contributed by atoms with Gasteiger partial charge in [-0.3, -0.25) is 9.59 Å². The highest BCUT2D eigenvalue weighted by Gasteiger charge is 2.41. The molecule has 6 nitrogen and oxygen atoms in total. The number of rotatable bonds is 6. The number of hydrogen-bond donors (Lipinski definition) is 2. The maximum atomic E-state index is 12.1. The molecule has 2 amide bonds. The molecule has 2 rings (SSSR count). The first-order valence-electron chi connectivity index (χ1n) is 6.46. The number of ether oxygens (including phenoxy) is 2. The van der Waals surface area contributed by atoms with Crippen molar-refractivity contribution in [3.63, 3.8) is 0 Å². The molecule has 108 valence electrons. The van der Waals surface area contributed by atoms with Gasteiger partial charge in [-0.15, -0.1) is 0 Å². The molecule has 1 heterocycles. The lowest BCUT2D eigenvalue weighted by atomic mass is 9.92. The predicted octanol–water partition coefficient (Wildman–Crippen LogP) is 0.460. The Morgan fingerprint density at radius 2 is 2.00 bits per heavy atom. The van der Waals surface area contributed by atoms with Crippen LogP contribution in [0.4, 0.5) is 0 Å². The summed E-state index contributed by atoms with van der Waals surface area (Å²) in [6.07, 6.45) is 0.0791. The lowest BCUT2D eigenvalue weighted by Crippen LogP contribution is -2.63. The lowest BCUT2D eigenvalue weighted by Gasteiger charge is -2.41. The number of hydrogen-bond acceptors (Lipinski definition) is 4. The molecule has 0 spiro atoms. The summed E-state index contributed by atoms with van der Waals surface area (Å²) in [7, 11) is 0. The van der Waals surface area contributed by atoms with Crippen molar-refractivity contribution in [1.82, 2.24) is 5.32 Å². The van der Waals surface area contributed by atoms with Crippen LogP contribution in [0, 0.1) is 0 Å². The van der Waals surface area contributed by atoms with E-state index in [1.165, 1.54) is 0 Å². The van der Waals surface area contributed by atoms with Gasteiger partial charge < -0.3 is 20.5 Å². The Balaban J connectivity index is 2.01. The second-order valence-electron chi connectivity index (χ2n) is 4.83. The number of nitrogens with two attached hydrogens (primary N) is 1. The monoisotopic (exact) mass is 278 g/mol. The minimum absolute atomic E-state index is 0.0791. The summed E-state index contributed by atoms with van der Waals surface area (Å²) in [6.45, 7) is 3.08. The van der Waals surface area contributed by atoms with Crippen LogP contribution in [0.25, 0.3) is 0 Å². The van der Waals surface area contributed by atoms with Crippen molar-refractivity contribution in [3.8, 4) is 5.75 Å². The third-order valence-electron chi connectivity index (χ3n) is 3.08. The quantitative estimate of drug-likeness (QED) is 0.791. The standard InChI is InChI=1S/C14H18N2O4/c1-2-20-11-5-3-10(4-6-11)13(18)16-14(7-12(15)17)8-19-9-14/h3-6H,2,7-9H2,1H3,(H2,15,17)(H,16,18). The molecule has 6 heteroatoms. The number of amides is 2. The van der Waals surface area contributed by atoms with Gasteiger partial charge in [-0.2, -0.15) is 0 Å². The average Bonchev–Trinajstić information content (AvgIpc) is 2.36. The first kappa shape index (κ1) is 14.3. The molecule has 0 saturated carbocycles. The fraction of sp³-hybridized carbons (Fsp3) is 0.429. The summed E-state index contributed by atoms with van der Waals surface area (Å²) in [6, 6.07) is 6.82. The van der Waals surface area contributed by atoms with Gasteiger partial charge in [0.1, 0.15) is 5.75 Å². The number of benzene rings is 1. The van der Waals surface area contributed by atoms with Crippen LogP contribution >= 0.6 is 0 Å². The van der Waals surface area contributed by atoms with E-state index < -0.39 is 11.4 Å². The number of carbonyl (C=O) groups excluding carboxylic acids is 2. The molecular weight excluding hydrogens is 260 g/mol. The van der Waals surface area contributed by atoms with Crippen LogP contribution in [0.1, 0.15) is 23.7 Å². The third kappa shape index (κ3) is 3.27. The summed E-state index contributed by atoms with van der Waals surface area (Å²) >= 11 is 0. The fourth-order valence-electron chi connectivity index (χ4n) is 2.08. The Hall–Kier alpha value is -2.08. The summed E-state index contributed by atoms with van der Waals surface area (Å²) in [5.41, 5.74) is 5.03. The Labute approximate surface area is 117 Å². The zero-order valence-electron chi connectivity index (χ0n) is 11.3. The van der Waals surface area contributed by atoms with Crippen molar-refractivity contribution in [3.05, 3.63) is 29.8 Å². The highest BCUT2D eigenvalue weighted by molar-refractivity contribution is 5.95. The minimum atomic E-state index is -0.665. The maximum absolute atomic E-state index is 12.1. The van der Waals surface area contributed by atoms with Crippen LogP contribution < -0.4 is 15.8 Å². The van der Waals surface area contributed by atoms with E-state index in [-0.39, 0.29) is 12.3 Å². The van der Waals surface area contributed by atoms with Crippen LogP contribution in [-0.4, -0.2) is 37.2 Å². The Morgan fingerprint density at radius 3 is 2.45 bits per heavy atom. The van der Waals surface area contributed by atoms with Crippen molar-refractivity contribution < 1.29 is 19.1 Å². The lowest BCUT2D eigenvalue weighted by molar-refractivity contribution is -0.127. The van der Waals surface area contributed by atoms with E-state index in [1.807, 2.05) is 6.92 Å². The summed E-state index contributed by atoms with van der Waals surface area (Å²) in [5.74, 6) is 0.000712. The third-order valence-corrected chi connectivity index (χ3v) is 3.08. The topological polar surface area (TPSA) is 90.6 Å². The Bertz CT molecular complexity index is 494. The second kappa shape index (κ2) is 5.92. The van der Waals surface area contributed by atoms with Crippen LogP contribution in [0.5, 0.6) is 5.75 Å². The van der Waals surface area contributed by atoms with Gasteiger partial charge in [0.15, 0.2) is 0 Å². The van der Waals surface area contributed by atoms with Crippen LogP contribution in [0.3, 0.4) is 0 Å². The molecule has 1 fully saturated rings. The molecule has 0 radical (unpaired) electrons. The average molecular weight is 278 g/mol. The smallest absolute Gasteiger partial charge is 0.251 e. The second-order valence-corrected chi connectivity index (χ2v) is 4.83. The number of primary amides is 1. The highest BCUT2D eigenvalue weighted by Crippen LogP contribution is 2.22. The molecule has 0 aromatic heterocycles. The molecule has 0 unspecified atom stereocenters. The van der Waals surface area contributed by atoms with E-state index in [9.17, 15) is 9.59 Å². The molecule has 1 aromatic carbocycles. The molecule has 0 aliphatic carbocycles. The van der Waals surface area contributed by atoms with Gasteiger partial charge in [-0.1, -0.05) is 0 Å². The highest BCUT2D eigenvalue weighted by atomic mass is 16.5. The molecule has 3 N–H and O–H groups in total. The Kier molecular flexibility index (Phi) is 4.24. The van der Waals surface area contributed by atoms with E-state index in [2.05, 4.69) is 5.32 Å². The summed E-state index contributed by atoms with van der Waals surface area (Å²) < 4.78 is 10.4. The molecule has 1 saturated heterocycles. The number of carbonyl (C=O) groups is 2. The van der Waals surface area contributed by atoms with Gasteiger partial charge in [0, 0.05) is 5.56 Å². The van der Waals surface area contributed by atoms with Gasteiger partial charge in [-0.05, 0) is 31.2 Å². The zero-order valence-corrected chi connectivity index (χ0v) is 11.3. The van der Waals surface area contributed by atoms with Crippen molar-refractivity contribution in [2.75, 3.05) is 19.8 Å². The largest absolute Gasteiger partial charge is 0.494 e. The maximum Gasteiger partial charge on any atom is 0.251 e. The van der Waals surface area contributed by atoms with Crippen molar-refractivity contribution >= 4 is 11.8 Å². The predicted molar refractivity (Wildman–Crippen MR) is 72.4 cm³/mol. The van der Waals surface area contributed by atoms with E-state index in [0.717, 1.165) is 0 Å². The molecule has 20 heavy (non-hydrogen) atoms. The molecule has 0 atom stereocenters. The summed E-state index contributed by atoms with van der Waals surface area (Å²) in [4.78, 5) is 23.2. The number of nitrogens with one attached hydrogen (secondary N) is 1. The first-order chi connectivity index (χ1) is 9.54. The zero-order chi connectivity index (χ0) is 14.6. The van der Waals surface area contributed by atoms with Crippen molar-refractivity contribution in [2.24, 2.45) is 5.73 Å². The van der Waals surface area contributed by atoms with E-state index in [0.29, 0.717) is 31.1 Å². The van der Waals surface area contributed by atoms with Crippen molar-refractivity contribution in [2.45, 2.75) is 18.9 Å². The van der Waals surface area contributed by atoms with Gasteiger partial charge in [0.05, 0.1) is 31.8 Å². The van der Waals surface area contributed by atoms with Crippen LogP contribution in [0.2, 0.25) is 0 Å². The molecule has 1 aliphatic heterocycles. The van der Waals surface area contributed by atoms with Crippen LogP contribution in [-0.2, 0) is 9.53 Å². The van der Waals surface area contributed by atoms with Crippen LogP contribution in [0.15, 0.2) is 24.3 Å². The fourth-order valence-corrected chi connectivity index (χ4v) is 2.08. The summed E-state index contributed by atoms with van der Waals surface area (Å²) in [5, 5.41) is 2.82. The van der Waals surface area contributed by atoms with Gasteiger partial charge in [0.25, 0.3) is 5.91 Å². The minimum Gasteiger partial charge on any atom is -0.494 e.